The van der Waals surface area contributed by atoms with Gasteiger partial charge in [-0.3, -0.25) is 4.79 Å². The number of phenols is 1. The number of aryl methyl sites for hydroxylation is 1. The molecule has 0 aromatic heterocycles. The third-order valence-corrected chi connectivity index (χ3v) is 3.81. The minimum absolute atomic E-state index is 0.0231. The SMILES string of the molecule is O=C(N/N=C/CCc1ccccc1)c1ccc2ccccc2c1O. The van der Waals surface area contributed by atoms with Crippen LogP contribution in [0.3, 0.4) is 0 Å². The fourth-order valence-electron chi connectivity index (χ4n) is 2.54. The van der Waals surface area contributed by atoms with Gasteiger partial charge in [0.25, 0.3) is 5.91 Å². The van der Waals surface area contributed by atoms with Crippen LogP contribution in [-0.4, -0.2) is 17.2 Å². The van der Waals surface area contributed by atoms with Gasteiger partial charge in [-0.25, -0.2) is 5.43 Å². The summed E-state index contributed by atoms with van der Waals surface area (Å²) in [5, 5.41) is 15.7. The third kappa shape index (κ3) is 3.60. The number of rotatable bonds is 5. The molecule has 120 valence electrons. The Kier molecular flexibility index (Phi) is 4.87. The molecule has 0 radical (unpaired) electrons. The maximum Gasteiger partial charge on any atom is 0.275 e. The van der Waals surface area contributed by atoms with E-state index in [1.54, 1.807) is 18.3 Å². The van der Waals surface area contributed by atoms with Gasteiger partial charge in [-0.15, -0.1) is 0 Å². The van der Waals surface area contributed by atoms with E-state index in [2.05, 4.69) is 22.7 Å². The van der Waals surface area contributed by atoms with E-state index in [4.69, 9.17) is 0 Å². The lowest BCUT2D eigenvalue weighted by Gasteiger charge is -2.06. The summed E-state index contributed by atoms with van der Waals surface area (Å²) < 4.78 is 0. The molecule has 3 rings (SSSR count). The quantitative estimate of drug-likeness (QED) is 0.554. The summed E-state index contributed by atoms with van der Waals surface area (Å²) in [7, 11) is 0. The summed E-state index contributed by atoms with van der Waals surface area (Å²) in [6, 6.07) is 20.9. The van der Waals surface area contributed by atoms with Crippen molar-refractivity contribution in [2.45, 2.75) is 12.8 Å². The van der Waals surface area contributed by atoms with Gasteiger partial charge >= 0.3 is 0 Å². The number of carbonyl (C=O) groups excluding carboxylic acids is 1. The van der Waals surface area contributed by atoms with E-state index in [9.17, 15) is 9.90 Å². The number of amides is 1. The molecule has 24 heavy (non-hydrogen) atoms. The number of fused-ring (bicyclic) bond motifs is 1. The first kappa shape index (κ1) is 15.7. The Hall–Kier alpha value is -3.14. The number of phenolic OH excluding ortho intramolecular Hbond substituents is 1. The minimum atomic E-state index is -0.422. The Morgan fingerprint density at radius 1 is 1.00 bits per heavy atom. The predicted octanol–water partition coefficient (Wildman–Crippen LogP) is 3.89. The Bertz CT molecular complexity index is 873. The second-order valence-corrected chi connectivity index (χ2v) is 5.46. The Morgan fingerprint density at radius 2 is 1.75 bits per heavy atom. The Morgan fingerprint density at radius 3 is 2.58 bits per heavy atom. The highest BCUT2D eigenvalue weighted by Gasteiger charge is 2.12. The zero-order chi connectivity index (χ0) is 16.8. The number of nitrogens with one attached hydrogen (secondary N) is 1. The number of carbonyl (C=O) groups is 1. The molecule has 2 N–H and O–H groups in total. The molecule has 3 aromatic carbocycles. The van der Waals surface area contributed by atoms with Crippen molar-refractivity contribution < 1.29 is 9.90 Å². The van der Waals surface area contributed by atoms with Crippen molar-refractivity contribution >= 4 is 22.9 Å². The lowest BCUT2D eigenvalue weighted by atomic mass is 10.1. The third-order valence-electron chi connectivity index (χ3n) is 3.81. The van der Waals surface area contributed by atoms with Crippen LogP contribution in [0.25, 0.3) is 10.8 Å². The largest absolute Gasteiger partial charge is 0.506 e. The van der Waals surface area contributed by atoms with Crippen molar-refractivity contribution in [3.8, 4) is 5.75 Å². The van der Waals surface area contributed by atoms with Crippen molar-refractivity contribution in [1.82, 2.24) is 5.43 Å². The topological polar surface area (TPSA) is 61.7 Å². The molecule has 0 fully saturated rings. The minimum Gasteiger partial charge on any atom is -0.506 e. The van der Waals surface area contributed by atoms with Crippen molar-refractivity contribution in [2.75, 3.05) is 0 Å². The maximum absolute atomic E-state index is 12.2. The number of hydrogen-bond donors (Lipinski definition) is 2. The van der Waals surface area contributed by atoms with Gasteiger partial charge in [0.15, 0.2) is 0 Å². The van der Waals surface area contributed by atoms with E-state index < -0.39 is 5.91 Å². The summed E-state index contributed by atoms with van der Waals surface area (Å²) in [5.41, 5.74) is 3.90. The van der Waals surface area contributed by atoms with E-state index in [1.807, 2.05) is 42.5 Å². The molecule has 0 saturated carbocycles. The van der Waals surface area contributed by atoms with E-state index in [1.165, 1.54) is 5.56 Å². The number of hydrazone groups is 1. The molecule has 0 aliphatic heterocycles. The molecule has 4 nitrogen and oxygen atoms in total. The summed E-state index contributed by atoms with van der Waals surface area (Å²) in [6.45, 7) is 0. The fraction of sp³-hybridized carbons (Fsp3) is 0.100. The Labute approximate surface area is 140 Å². The summed E-state index contributed by atoms with van der Waals surface area (Å²) in [4.78, 5) is 12.2. The van der Waals surface area contributed by atoms with E-state index in [0.29, 0.717) is 5.39 Å². The normalized spacial score (nSPS) is 11.0. The molecule has 4 heteroatoms. The maximum atomic E-state index is 12.2. The number of hydrogen-bond acceptors (Lipinski definition) is 3. The lowest BCUT2D eigenvalue weighted by molar-refractivity contribution is 0.0952. The second-order valence-electron chi connectivity index (χ2n) is 5.46. The van der Waals surface area contributed by atoms with Crippen LogP contribution in [0.1, 0.15) is 22.3 Å². The molecule has 1 amide bonds. The number of aromatic hydroxyl groups is 1. The number of benzene rings is 3. The van der Waals surface area contributed by atoms with Gasteiger partial charge in [0.05, 0.1) is 5.56 Å². The van der Waals surface area contributed by atoms with Crippen molar-refractivity contribution in [1.29, 1.82) is 0 Å². The van der Waals surface area contributed by atoms with Gasteiger partial charge in [0.2, 0.25) is 0 Å². The van der Waals surface area contributed by atoms with Crippen LogP contribution in [0.2, 0.25) is 0 Å². The highest BCUT2D eigenvalue weighted by Crippen LogP contribution is 2.28. The summed E-state index contributed by atoms with van der Waals surface area (Å²) >= 11 is 0. The molecular weight excluding hydrogens is 300 g/mol. The smallest absolute Gasteiger partial charge is 0.275 e. The van der Waals surface area contributed by atoms with Gasteiger partial charge in [0, 0.05) is 11.6 Å². The average molecular weight is 318 g/mol. The molecule has 0 aliphatic rings. The van der Waals surface area contributed by atoms with E-state index in [-0.39, 0.29) is 11.3 Å². The van der Waals surface area contributed by atoms with Crippen LogP contribution in [0, 0.1) is 0 Å². The van der Waals surface area contributed by atoms with Crippen LogP contribution in [0.4, 0.5) is 0 Å². The summed E-state index contributed by atoms with van der Waals surface area (Å²) in [5.74, 6) is -0.445. The first-order valence-electron chi connectivity index (χ1n) is 7.82. The van der Waals surface area contributed by atoms with E-state index in [0.717, 1.165) is 18.2 Å². The second kappa shape index (κ2) is 7.42. The van der Waals surface area contributed by atoms with Crippen LogP contribution in [-0.2, 0) is 6.42 Å². The molecule has 0 heterocycles. The van der Waals surface area contributed by atoms with Crippen LogP contribution < -0.4 is 5.43 Å². The van der Waals surface area contributed by atoms with Crippen molar-refractivity contribution in [3.05, 3.63) is 77.9 Å². The van der Waals surface area contributed by atoms with Crippen LogP contribution >= 0.6 is 0 Å². The highest BCUT2D eigenvalue weighted by atomic mass is 16.3. The predicted molar refractivity (Wildman–Crippen MR) is 96.3 cm³/mol. The van der Waals surface area contributed by atoms with Crippen LogP contribution in [0.15, 0.2) is 71.8 Å². The molecule has 0 unspecified atom stereocenters. The molecule has 0 spiro atoms. The zero-order valence-corrected chi connectivity index (χ0v) is 13.1. The standard InChI is InChI=1S/C20H18N2O2/c23-19-17-11-5-4-10-16(17)12-13-18(19)20(24)22-21-14-6-9-15-7-2-1-3-8-15/h1-5,7-8,10-14,23H,6,9H2,(H,22,24)/b21-14+. The monoisotopic (exact) mass is 318 g/mol. The first-order chi connectivity index (χ1) is 11.8. The lowest BCUT2D eigenvalue weighted by Crippen LogP contribution is -2.17. The molecule has 0 saturated heterocycles. The van der Waals surface area contributed by atoms with Gasteiger partial charge in [-0.2, -0.15) is 5.10 Å². The molecule has 0 bridgehead atoms. The van der Waals surface area contributed by atoms with E-state index >= 15 is 0 Å². The highest BCUT2D eigenvalue weighted by molar-refractivity contribution is 6.03. The van der Waals surface area contributed by atoms with Gasteiger partial charge in [0.1, 0.15) is 5.75 Å². The van der Waals surface area contributed by atoms with Crippen molar-refractivity contribution in [3.63, 3.8) is 0 Å². The molecular formula is C20H18N2O2. The zero-order valence-electron chi connectivity index (χ0n) is 13.1. The Balaban J connectivity index is 1.61. The van der Waals surface area contributed by atoms with Gasteiger partial charge < -0.3 is 5.11 Å². The molecule has 0 atom stereocenters. The molecule has 3 aromatic rings. The van der Waals surface area contributed by atoms with Gasteiger partial charge in [-0.05, 0) is 29.9 Å². The fourth-order valence-corrected chi connectivity index (χ4v) is 2.54. The van der Waals surface area contributed by atoms with Crippen molar-refractivity contribution in [2.24, 2.45) is 5.10 Å². The van der Waals surface area contributed by atoms with Gasteiger partial charge in [-0.1, -0.05) is 60.7 Å². The number of nitrogens with zero attached hydrogens (tertiary/aromatic N) is 1. The average Bonchev–Trinajstić information content (AvgIpc) is 2.62. The van der Waals surface area contributed by atoms with Crippen LogP contribution in [0.5, 0.6) is 5.75 Å². The first-order valence-corrected chi connectivity index (χ1v) is 7.82. The summed E-state index contributed by atoms with van der Waals surface area (Å²) in [6.07, 6.45) is 3.26. The molecule has 0 aliphatic carbocycles.